The smallest absolute Gasteiger partial charge is 0.261 e. The molecule has 0 saturated carbocycles. The molecule has 4 atom stereocenters. The van der Waals surface area contributed by atoms with Crippen LogP contribution in [-0.2, 0) is 24.8 Å². The topological polar surface area (TPSA) is 152 Å². The van der Waals surface area contributed by atoms with Crippen molar-refractivity contribution in [1.82, 2.24) is 9.21 Å². The van der Waals surface area contributed by atoms with E-state index < -0.39 is 38.1 Å². The Morgan fingerprint density at radius 1 is 1.00 bits per heavy atom. The monoisotopic (exact) mass is 717 g/mol. The molecule has 0 saturated heterocycles. The van der Waals surface area contributed by atoms with E-state index in [0.29, 0.717) is 25.2 Å². The van der Waals surface area contributed by atoms with Crippen molar-refractivity contribution in [1.29, 1.82) is 0 Å². The van der Waals surface area contributed by atoms with Gasteiger partial charge in [0.15, 0.2) is 0 Å². The summed E-state index contributed by atoms with van der Waals surface area (Å²) in [5.41, 5.74) is 0.297. The van der Waals surface area contributed by atoms with Crippen LogP contribution in [0.5, 0.6) is 11.5 Å². The van der Waals surface area contributed by atoms with Crippen LogP contribution in [0.3, 0.4) is 0 Å². The minimum absolute atomic E-state index is 0.0204. The summed E-state index contributed by atoms with van der Waals surface area (Å²) in [6.07, 6.45) is 1.24. The fraction of sp³-hybridized carbons (Fsp3) is 0.457. The standard InChI is InChI=1S/C35H47N3O9S2/c1-25-22-38(26(2)24-39)35(40)32-21-28(36-48(41,42)30-12-7-6-8-13-30)14-19-33(32)47-27(3)11-9-10-20-46-34(25)23-37(4)49(43,44)31-17-15-29(45-5)16-18-31/h6-8,12-19,21,25-27,34,36,39H,9-11,20,22-24H2,1-5H3/t25-,26+,27-,34+/m0/s1. The number of carbonyl (C=O) groups is 1. The lowest BCUT2D eigenvalue weighted by molar-refractivity contribution is -0.00833. The van der Waals surface area contributed by atoms with Crippen molar-refractivity contribution in [3.05, 3.63) is 78.4 Å². The minimum atomic E-state index is -3.95. The normalized spacial score (nSPS) is 20.5. The lowest BCUT2D eigenvalue weighted by Crippen LogP contribution is -2.48. The first-order valence-electron chi connectivity index (χ1n) is 16.3. The molecule has 0 unspecified atom stereocenters. The molecule has 0 aromatic heterocycles. The molecule has 12 nitrogen and oxygen atoms in total. The molecule has 1 heterocycles. The van der Waals surface area contributed by atoms with Gasteiger partial charge in [-0.25, -0.2) is 16.8 Å². The highest BCUT2D eigenvalue weighted by Gasteiger charge is 2.32. The number of hydrogen-bond acceptors (Lipinski definition) is 9. The molecule has 14 heteroatoms. The second-order valence-electron chi connectivity index (χ2n) is 12.4. The Bertz CT molecular complexity index is 1750. The van der Waals surface area contributed by atoms with Crippen LogP contribution < -0.4 is 14.2 Å². The number of methoxy groups -OCH3 is 1. The molecule has 0 bridgehead atoms. The maximum Gasteiger partial charge on any atom is 0.261 e. The first-order valence-corrected chi connectivity index (χ1v) is 19.2. The highest BCUT2D eigenvalue weighted by molar-refractivity contribution is 7.92. The number of benzene rings is 3. The molecule has 0 aliphatic carbocycles. The number of amides is 1. The second-order valence-corrected chi connectivity index (χ2v) is 16.1. The van der Waals surface area contributed by atoms with Crippen molar-refractivity contribution in [3.63, 3.8) is 0 Å². The van der Waals surface area contributed by atoms with Crippen LogP contribution in [0.2, 0.25) is 0 Å². The summed E-state index contributed by atoms with van der Waals surface area (Å²) in [7, 11) is -4.82. The van der Waals surface area contributed by atoms with Crippen molar-refractivity contribution >= 4 is 31.6 Å². The Labute approximate surface area is 290 Å². The van der Waals surface area contributed by atoms with Crippen LogP contribution >= 0.6 is 0 Å². The van der Waals surface area contributed by atoms with Gasteiger partial charge in [-0.1, -0.05) is 25.1 Å². The molecule has 3 aromatic rings. The van der Waals surface area contributed by atoms with E-state index in [9.17, 15) is 26.7 Å². The number of ether oxygens (including phenoxy) is 3. The van der Waals surface area contributed by atoms with E-state index in [4.69, 9.17) is 14.2 Å². The highest BCUT2D eigenvalue weighted by atomic mass is 32.2. The minimum Gasteiger partial charge on any atom is -0.497 e. The zero-order valence-corrected chi connectivity index (χ0v) is 30.2. The SMILES string of the molecule is COc1ccc(S(=O)(=O)N(C)C[C@H]2OCCCC[C@H](C)Oc3ccc(NS(=O)(=O)c4ccccc4)cc3C(=O)N([C@H](C)CO)C[C@@H]2C)cc1. The Morgan fingerprint density at radius 3 is 2.35 bits per heavy atom. The molecule has 2 N–H and O–H groups in total. The number of aliphatic hydroxyl groups excluding tert-OH is 1. The summed E-state index contributed by atoms with van der Waals surface area (Å²) in [5.74, 6) is -0.0312. The van der Waals surface area contributed by atoms with Crippen molar-refractivity contribution < 1.29 is 40.9 Å². The molecule has 0 fully saturated rings. The van der Waals surface area contributed by atoms with E-state index in [1.165, 1.54) is 53.7 Å². The molecular formula is C35H47N3O9S2. The number of anilines is 1. The third-order valence-electron chi connectivity index (χ3n) is 8.56. The fourth-order valence-corrected chi connectivity index (χ4v) is 7.80. The van der Waals surface area contributed by atoms with E-state index in [0.717, 1.165) is 6.42 Å². The van der Waals surface area contributed by atoms with Gasteiger partial charge in [0, 0.05) is 38.3 Å². The molecule has 1 amide bonds. The lowest BCUT2D eigenvalue weighted by Gasteiger charge is -2.35. The number of hydrogen-bond donors (Lipinski definition) is 2. The lowest BCUT2D eigenvalue weighted by atomic mass is 10.0. The molecule has 1 aliphatic rings. The van der Waals surface area contributed by atoms with Crippen LogP contribution in [0.15, 0.2) is 82.6 Å². The van der Waals surface area contributed by atoms with Gasteiger partial charge >= 0.3 is 0 Å². The van der Waals surface area contributed by atoms with Gasteiger partial charge in [-0.05, 0) is 87.7 Å². The number of carbonyl (C=O) groups excluding carboxylic acids is 1. The summed E-state index contributed by atoms with van der Waals surface area (Å²) in [4.78, 5) is 16.0. The predicted octanol–water partition coefficient (Wildman–Crippen LogP) is 4.61. The quantitative estimate of drug-likeness (QED) is 0.306. The highest BCUT2D eigenvalue weighted by Crippen LogP contribution is 2.30. The molecular weight excluding hydrogens is 671 g/mol. The summed E-state index contributed by atoms with van der Waals surface area (Å²) in [5, 5.41) is 10.2. The van der Waals surface area contributed by atoms with Crippen molar-refractivity contribution in [2.24, 2.45) is 5.92 Å². The van der Waals surface area contributed by atoms with E-state index in [2.05, 4.69) is 4.72 Å². The van der Waals surface area contributed by atoms with Crippen LogP contribution in [0, 0.1) is 5.92 Å². The number of sulfonamides is 2. The van der Waals surface area contributed by atoms with Crippen LogP contribution in [0.4, 0.5) is 5.69 Å². The van der Waals surface area contributed by atoms with Gasteiger partial charge in [0.25, 0.3) is 15.9 Å². The maximum atomic E-state index is 14.4. The van der Waals surface area contributed by atoms with Crippen LogP contribution in [0.1, 0.15) is 50.4 Å². The Balaban J connectivity index is 1.66. The van der Waals surface area contributed by atoms with E-state index in [-0.39, 0.29) is 58.5 Å². The zero-order chi connectivity index (χ0) is 35.8. The van der Waals surface area contributed by atoms with E-state index in [1.807, 2.05) is 13.8 Å². The third-order valence-corrected chi connectivity index (χ3v) is 11.8. The van der Waals surface area contributed by atoms with Gasteiger partial charge < -0.3 is 24.2 Å². The van der Waals surface area contributed by atoms with Gasteiger partial charge in [-0.15, -0.1) is 0 Å². The second kappa shape index (κ2) is 16.8. The average molecular weight is 718 g/mol. The zero-order valence-electron chi connectivity index (χ0n) is 28.6. The average Bonchev–Trinajstić information content (AvgIpc) is 3.09. The number of nitrogens with one attached hydrogen (secondary N) is 1. The van der Waals surface area contributed by atoms with Gasteiger partial charge in [-0.3, -0.25) is 9.52 Å². The van der Waals surface area contributed by atoms with Gasteiger partial charge in [-0.2, -0.15) is 4.31 Å². The molecule has 3 aromatic carbocycles. The first kappa shape index (κ1) is 38.1. The van der Waals surface area contributed by atoms with Gasteiger partial charge in [0.05, 0.1) is 47.3 Å². The third kappa shape index (κ3) is 9.73. The Morgan fingerprint density at radius 2 is 1.69 bits per heavy atom. The number of rotatable bonds is 10. The summed E-state index contributed by atoms with van der Waals surface area (Å²) >= 11 is 0. The molecule has 1 aliphatic heterocycles. The van der Waals surface area contributed by atoms with Gasteiger partial charge in [0.1, 0.15) is 11.5 Å². The number of likely N-dealkylation sites (N-methyl/N-ethyl adjacent to an activating group) is 1. The van der Waals surface area contributed by atoms with Gasteiger partial charge in [0.2, 0.25) is 10.0 Å². The molecule has 268 valence electrons. The van der Waals surface area contributed by atoms with Crippen molar-refractivity contribution in [2.75, 3.05) is 45.2 Å². The first-order chi connectivity index (χ1) is 23.3. The molecule has 4 rings (SSSR count). The van der Waals surface area contributed by atoms with Crippen LogP contribution in [0.25, 0.3) is 0 Å². The van der Waals surface area contributed by atoms with E-state index in [1.54, 1.807) is 49.4 Å². The summed E-state index contributed by atoms with van der Waals surface area (Å²) < 4.78 is 74.8. The summed E-state index contributed by atoms with van der Waals surface area (Å²) in [6, 6.07) is 18.0. The maximum absolute atomic E-state index is 14.4. The molecule has 49 heavy (non-hydrogen) atoms. The van der Waals surface area contributed by atoms with Crippen molar-refractivity contribution in [3.8, 4) is 11.5 Å². The van der Waals surface area contributed by atoms with Crippen molar-refractivity contribution in [2.45, 2.75) is 68.1 Å². The number of fused-ring (bicyclic) bond motifs is 1. The fourth-order valence-electron chi connectivity index (χ4n) is 5.54. The molecule has 0 radical (unpaired) electrons. The number of nitrogens with zero attached hydrogens (tertiary/aromatic N) is 2. The Kier molecular flexibility index (Phi) is 13.1. The molecule has 0 spiro atoms. The van der Waals surface area contributed by atoms with E-state index >= 15 is 0 Å². The largest absolute Gasteiger partial charge is 0.497 e. The van der Waals surface area contributed by atoms with Crippen LogP contribution in [-0.4, -0.2) is 95.8 Å². The number of aliphatic hydroxyl groups is 1. The summed E-state index contributed by atoms with van der Waals surface area (Å²) in [6.45, 7) is 5.63. The Hall–Kier alpha value is -3.69. The predicted molar refractivity (Wildman–Crippen MR) is 187 cm³/mol.